The number of ether oxygens (including phenoxy) is 5. The molecule has 15 aromatic rings. The standard InChI is InChI=1S/C21H21N4O2.C20H21N4O2.C19H19N4O2.C18H16ClN4O2.C18H17N4O2.5Y/c1-24-21(26)25(23-22-24)19-7-4-6-16(14-9-10-14)18(19)13-27-20-8-3-2-5-17(20)15-11-12-15;1-3-14-7-6-9-18(24-20(25)23(2)21-22-24)17(14)13-26-19-10-5-4-8-16(19)15-11-12-15;1-13-6-5-8-17(23-19(24)22(2)20-21-23)16(13)12-25-18-9-4-3-7-15(18)14-10-11-14;1-22-18(24)23(21-20-22)16-7-4-6-15(19)14(16)11-25-17-8-3-2-5-13(17)12-9-10-12;1-21-18(23)22(20-19-21)16-8-4-2-6-14(16)12-24-17-9-5-3-7-15(17)13-10-11-13;;;;;/h3-8,14-15H,9-13H2,1H3;5-10,15H,3,11-13H2,1-2H3;4-9,14H,10-12H2,1-2H3;3-8,12H,9-11H2,1H3;2,4-9,13H,10-12H2,1H3;;;;;/q5*-1;;;;;. The van der Waals surface area contributed by atoms with E-state index in [1.807, 2.05) is 165 Å². The van der Waals surface area contributed by atoms with Crippen molar-refractivity contribution in [3.05, 3.63) is 348 Å². The zero-order valence-corrected chi connectivity index (χ0v) is 89.3. The third kappa shape index (κ3) is 24.6. The molecule has 0 unspecified atom stereocenters. The number of nitrogens with zero attached hydrogens (tertiary/aromatic N) is 20. The van der Waals surface area contributed by atoms with E-state index in [0.29, 0.717) is 89.6 Å². The Bertz CT molecular complexity index is 6640. The predicted molar refractivity (Wildman–Crippen MR) is 472 cm³/mol. The van der Waals surface area contributed by atoms with E-state index >= 15 is 0 Å². The largest absolute Gasteiger partial charge is 0.514 e. The van der Waals surface area contributed by atoms with Crippen LogP contribution in [0.5, 0.6) is 28.7 Å². The van der Waals surface area contributed by atoms with Crippen LogP contribution in [0.3, 0.4) is 0 Å². The zero-order valence-electron chi connectivity index (χ0n) is 74.4. The number of hydrogen-bond acceptors (Lipinski definition) is 20. The Morgan fingerprint density at radius 3 is 0.909 bits per heavy atom. The quantitative estimate of drug-likeness (QED) is 0.0432. The van der Waals surface area contributed by atoms with Crippen LogP contribution in [0.2, 0.25) is 5.02 Å². The Balaban J connectivity index is 0.000000148. The third-order valence-corrected chi connectivity index (χ3v) is 23.6. The van der Waals surface area contributed by atoms with Gasteiger partial charge in [-0.3, -0.25) is 0 Å². The van der Waals surface area contributed by atoms with Crippen LogP contribution in [0.4, 0.5) is 0 Å². The van der Waals surface area contributed by atoms with Crippen LogP contribution < -0.4 is 52.1 Å². The molecular weight excluding hydrogens is 2070 g/mol. The maximum absolute atomic E-state index is 12.4. The summed E-state index contributed by atoms with van der Waals surface area (Å²) >= 11 is 6.36. The van der Waals surface area contributed by atoms with Crippen LogP contribution in [0.25, 0.3) is 28.4 Å². The molecule has 0 N–H and O–H groups in total. The Hall–Kier alpha value is -8.64. The van der Waals surface area contributed by atoms with Gasteiger partial charge in [-0.15, -0.1) is 58.1 Å². The molecule has 5 radical (unpaired) electrons. The second kappa shape index (κ2) is 47.2. The van der Waals surface area contributed by atoms with Gasteiger partial charge >= 0.3 is 28.4 Å². The van der Waals surface area contributed by atoms with Gasteiger partial charge in [-0.05, 0) is 137 Å². The Labute approximate surface area is 893 Å². The average Bonchev–Trinajstić information content (AvgIpc) is 1.38. The molecule has 0 saturated heterocycles. The first-order chi connectivity index (χ1) is 61.9. The normalized spacial score (nSPS) is 13.8. The van der Waals surface area contributed by atoms with Crippen LogP contribution in [0, 0.1) is 37.3 Å². The first kappa shape index (κ1) is 102. The zero-order chi connectivity index (χ0) is 87.8. The van der Waals surface area contributed by atoms with E-state index in [9.17, 15) is 24.0 Å². The fourth-order valence-corrected chi connectivity index (χ4v) is 15.5. The van der Waals surface area contributed by atoms with Gasteiger partial charge in [0.15, 0.2) is 0 Å². The number of rotatable bonds is 27. The van der Waals surface area contributed by atoms with Gasteiger partial charge in [0.05, 0.1) is 28.4 Å². The molecule has 0 bridgehead atoms. The number of benzene rings is 10. The maximum atomic E-state index is 12.4. The summed E-state index contributed by atoms with van der Waals surface area (Å²) in [6.45, 7) is 5.86. The minimum atomic E-state index is -0.337. The van der Waals surface area contributed by atoms with E-state index in [-0.39, 0.29) is 199 Å². The second-order valence-corrected chi connectivity index (χ2v) is 32.9. The van der Waals surface area contributed by atoms with Gasteiger partial charge in [0.1, 0.15) is 33.0 Å². The van der Waals surface area contributed by atoms with E-state index in [1.54, 1.807) is 53.4 Å². The van der Waals surface area contributed by atoms with Crippen molar-refractivity contribution in [3.8, 4) is 57.2 Å². The number of halogens is 1. The van der Waals surface area contributed by atoms with E-state index in [2.05, 4.69) is 102 Å². The van der Waals surface area contributed by atoms with Gasteiger partial charge in [-0.1, -0.05) is 173 Å². The van der Waals surface area contributed by atoms with Gasteiger partial charge in [-0.25, -0.2) is 24.0 Å². The van der Waals surface area contributed by atoms with Crippen molar-refractivity contribution in [2.24, 2.45) is 35.2 Å². The third-order valence-electron chi connectivity index (χ3n) is 23.3. The summed E-state index contributed by atoms with van der Waals surface area (Å²) in [5.41, 5.74) is 16.0. The molecule has 5 aromatic heterocycles. The molecule has 6 aliphatic carbocycles. The van der Waals surface area contributed by atoms with E-state index < -0.39 is 0 Å². The summed E-state index contributed by atoms with van der Waals surface area (Å²) < 4.78 is 43.2. The van der Waals surface area contributed by atoms with Gasteiger partial charge in [0, 0.05) is 260 Å². The molecule has 0 atom stereocenters. The molecule has 5 heterocycles. The molecular formula is C96H94ClN20O10Y5-5. The Morgan fingerprint density at radius 2 is 0.561 bits per heavy atom. The summed E-state index contributed by atoms with van der Waals surface area (Å²) in [6, 6.07) is 75.4. The van der Waals surface area contributed by atoms with Crippen LogP contribution in [-0.2, 0) is 238 Å². The van der Waals surface area contributed by atoms with Crippen molar-refractivity contribution in [1.29, 1.82) is 0 Å². The molecule has 21 rings (SSSR count). The molecule has 132 heavy (non-hydrogen) atoms. The second-order valence-electron chi connectivity index (χ2n) is 32.4. The SMILES string of the molecule is CCc1cccc(-n2nnn(C)c2=O)c1COc1cc[c-]cc1C1CC1.Cc1cccc(-n2nnn(C)c2=O)c1COc1cc[c-]cc1C1CC1.Cn1nnn(-c2cccc(C3CC3)c2COc2cc[c-]cc2C2CC2)c1=O.Cn1nnn(-c2cccc(Cl)c2COc2cc[c-]cc2C2CC2)c1=O.Cn1nnn(-c2ccccc2COc2cc[c-]cc2C2CC2)c1=O.[Y].[Y].[Y].[Y].[Y]. The van der Waals surface area contributed by atoms with E-state index in [4.69, 9.17) is 35.3 Å². The molecule has 6 fully saturated rings. The van der Waals surface area contributed by atoms with Gasteiger partial charge in [0.25, 0.3) is 0 Å². The summed E-state index contributed by atoms with van der Waals surface area (Å²) in [6.07, 6.45) is 15.2. The van der Waals surface area contributed by atoms with Crippen molar-refractivity contribution in [2.75, 3.05) is 0 Å². The molecule has 36 heteroatoms. The van der Waals surface area contributed by atoms with Gasteiger partial charge in [0.2, 0.25) is 0 Å². The molecule has 0 amide bonds. The van der Waals surface area contributed by atoms with Crippen LogP contribution in [0.15, 0.2) is 212 Å². The molecule has 0 aliphatic heterocycles. The molecule has 6 saturated carbocycles. The topological polar surface area (TPSA) is 310 Å². The molecule has 6 aliphatic rings. The van der Waals surface area contributed by atoms with Crippen molar-refractivity contribution in [1.82, 2.24) is 99.0 Å². The smallest absolute Gasteiger partial charge is 0.368 e. The van der Waals surface area contributed by atoms with Crippen molar-refractivity contribution < 1.29 is 187 Å². The van der Waals surface area contributed by atoms with Gasteiger partial charge in [-0.2, -0.15) is 138 Å². The number of aryl methyl sites for hydroxylation is 7. The minimum absolute atomic E-state index is 0. The summed E-state index contributed by atoms with van der Waals surface area (Å²) in [4.78, 5) is 61.2. The molecule has 10 aromatic carbocycles. The number of tetrazole rings is 5. The molecule has 665 valence electrons. The fraction of sp³-hybridized carbons (Fsp3) is 0.323. The number of aromatic nitrogens is 20. The van der Waals surface area contributed by atoms with Crippen molar-refractivity contribution >= 4 is 11.6 Å². The van der Waals surface area contributed by atoms with Crippen molar-refractivity contribution in [3.63, 3.8) is 0 Å². The number of hydrogen-bond donors (Lipinski definition) is 0. The molecule has 30 nitrogen and oxygen atoms in total. The Morgan fingerprint density at radius 1 is 0.295 bits per heavy atom. The van der Waals surface area contributed by atoms with Crippen LogP contribution >= 0.6 is 11.6 Å². The Kier molecular flexibility index (Phi) is 36.6. The van der Waals surface area contributed by atoms with Gasteiger partial charge < -0.3 is 23.7 Å². The molecule has 0 spiro atoms. The van der Waals surface area contributed by atoms with E-state index in [0.717, 1.165) is 79.9 Å². The first-order valence-electron chi connectivity index (χ1n) is 42.7. The minimum Gasteiger partial charge on any atom is -0.514 e. The predicted octanol–water partition coefficient (Wildman–Crippen LogP) is 13.5. The summed E-state index contributed by atoms with van der Waals surface area (Å²) in [7, 11) is 7.91. The fourth-order valence-electron chi connectivity index (χ4n) is 15.3. The average molecular weight is 2170 g/mol. The summed E-state index contributed by atoms with van der Waals surface area (Å²) in [5, 5.41) is 39.3. The van der Waals surface area contributed by atoms with Crippen LogP contribution in [-0.4, -0.2) is 99.0 Å². The maximum Gasteiger partial charge on any atom is 0.368 e. The summed E-state index contributed by atoms with van der Waals surface area (Å²) in [5.74, 6) is 7.89. The van der Waals surface area contributed by atoms with Crippen LogP contribution in [0.1, 0.15) is 192 Å². The monoisotopic (exact) mass is 2170 g/mol. The van der Waals surface area contributed by atoms with Crippen molar-refractivity contribution in [2.45, 2.75) is 166 Å². The number of para-hydroxylation sites is 1. The van der Waals surface area contributed by atoms with E-state index in [1.165, 1.54) is 157 Å². The first-order valence-corrected chi connectivity index (χ1v) is 43.1.